The van der Waals surface area contributed by atoms with E-state index in [2.05, 4.69) is 16.9 Å². The number of hydrogen-bond donors (Lipinski definition) is 1. The van der Waals surface area contributed by atoms with Crippen LogP contribution in [0.2, 0.25) is 0 Å². The summed E-state index contributed by atoms with van der Waals surface area (Å²) in [5.74, 6) is 3.01. The lowest BCUT2D eigenvalue weighted by atomic mass is 10.2. The minimum Gasteiger partial charge on any atom is -0.497 e. The van der Waals surface area contributed by atoms with E-state index in [9.17, 15) is 4.79 Å². The van der Waals surface area contributed by atoms with Crippen molar-refractivity contribution < 1.29 is 4.74 Å². The third-order valence-electron chi connectivity index (χ3n) is 3.82. The molecule has 3 rings (SSSR count). The standard InChI is InChI=1S/C17H21N3O2S/c1-3-8-23-9-4-7-20-11-18-15-13-10-12(22-2)5-6-14(13)19-16(15)17(20)21/h5-6,10-11,19H,3-4,7-9H2,1-2H3. The lowest BCUT2D eigenvalue weighted by Crippen LogP contribution is -2.21. The van der Waals surface area contributed by atoms with Gasteiger partial charge >= 0.3 is 0 Å². The van der Waals surface area contributed by atoms with Gasteiger partial charge in [-0.2, -0.15) is 11.8 Å². The third-order valence-corrected chi connectivity index (χ3v) is 5.09. The molecule has 122 valence electrons. The number of H-pyrrole nitrogens is 1. The summed E-state index contributed by atoms with van der Waals surface area (Å²) in [6.07, 6.45) is 3.82. The van der Waals surface area contributed by atoms with Gasteiger partial charge in [0.05, 0.1) is 13.4 Å². The van der Waals surface area contributed by atoms with Crippen LogP contribution >= 0.6 is 11.8 Å². The molecule has 2 aromatic heterocycles. The zero-order valence-electron chi connectivity index (χ0n) is 13.5. The maximum absolute atomic E-state index is 12.6. The van der Waals surface area contributed by atoms with E-state index < -0.39 is 0 Å². The molecular weight excluding hydrogens is 310 g/mol. The van der Waals surface area contributed by atoms with Gasteiger partial charge < -0.3 is 9.72 Å². The van der Waals surface area contributed by atoms with Crippen LogP contribution in [0.5, 0.6) is 5.75 Å². The van der Waals surface area contributed by atoms with Crippen molar-refractivity contribution >= 4 is 33.7 Å². The average molecular weight is 331 g/mol. The molecular formula is C17H21N3O2S. The van der Waals surface area contributed by atoms with Gasteiger partial charge in [0.15, 0.2) is 0 Å². The zero-order chi connectivity index (χ0) is 16.2. The summed E-state index contributed by atoms with van der Waals surface area (Å²) >= 11 is 1.93. The highest BCUT2D eigenvalue weighted by molar-refractivity contribution is 7.99. The molecule has 0 spiro atoms. The van der Waals surface area contributed by atoms with Crippen LogP contribution < -0.4 is 10.3 Å². The number of aromatic amines is 1. The van der Waals surface area contributed by atoms with Gasteiger partial charge in [-0.3, -0.25) is 9.36 Å². The highest BCUT2D eigenvalue weighted by Crippen LogP contribution is 2.25. The molecule has 6 heteroatoms. The van der Waals surface area contributed by atoms with Gasteiger partial charge in [-0.15, -0.1) is 0 Å². The Morgan fingerprint density at radius 1 is 1.35 bits per heavy atom. The summed E-state index contributed by atoms with van der Waals surface area (Å²) in [5, 5.41) is 0.919. The first-order chi connectivity index (χ1) is 11.2. The highest BCUT2D eigenvalue weighted by Gasteiger charge is 2.11. The van der Waals surface area contributed by atoms with Crippen molar-refractivity contribution in [1.29, 1.82) is 0 Å². The topological polar surface area (TPSA) is 59.9 Å². The van der Waals surface area contributed by atoms with Crippen LogP contribution in [0.1, 0.15) is 19.8 Å². The molecule has 3 aromatic rings. The molecule has 5 nitrogen and oxygen atoms in total. The van der Waals surface area contributed by atoms with Gasteiger partial charge in [-0.05, 0) is 42.5 Å². The maximum Gasteiger partial charge on any atom is 0.277 e. The smallest absolute Gasteiger partial charge is 0.277 e. The van der Waals surface area contributed by atoms with Crippen molar-refractivity contribution in [3.63, 3.8) is 0 Å². The second-order valence-electron chi connectivity index (χ2n) is 5.47. The molecule has 23 heavy (non-hydrogen) atoms. The minimum atomic E-state index is -0.00865. The molecule has 1 aromatic carbocycles. The molecule has 0 saturated heterocycles. The monoisotopic (exact) mass is 331 g/mol. The van der Waals surface area contributed by atoms with Crippen LogP contribution in [-0.4, -0.2) is 33.2 Å². The number of methoxy groups -OCH3 is 1. The van der Waals surface area contributed by atoms with Crippen LogP contribution in [0.15, 0.2) is 29.3 Å². The van der Waals surface area contributed by atoms with E-state index in [1.807, 2.05) is 30.0 Å². The molecule has 0 aliphatic carbocycles. The van der Waals surface area contributed by atoms with Gasteiger partial charge in [0.25, 0.3) is 5.56 Å². The molecule has 0 radical (unpaired) electrons. The third kappa shape index (κ3) is 3.22. The molecule has 0 amide bonds. The number of benzene rings is 1. The highest BCUT2D eigenvalue weighted by atomic mass is 32.2. The first-order valence-corrected chi connectivity index (χ1v) is 9.02. The van der Waals surface area contributed by atoms with Crippen LogP contribution in [0.4, 0.5) is 0 Å². The second-order valence-corrected chi connectivity index (χ2v) is 6.69. The summed E-state index contributed by atoms with van der Waals surface area (Å²) in [6, 6.07) is 5.70. The number of aromatic nitrogens is 3. The number of thioether (sulfide) groups is 1. The number of fused-ring (bicyclic) bond motifs is 3. The molecule has 2 heterocycles. The first-order valence-electron chi connectivity index (χ1n) is 7.87. The predicted molar refractivity (Wildman–Crippen MR) is 96.6 cm³/mol. The van der Waals surface area contributed by atoms with E-state index in [1.165, 1.54) is 12.2 Å². The van der Waals surface area contributed by atoms with E-state index >= 15 is 0 Å². The largest absolute Gasteiger partial charge is 0.497 e. The fourth-order valence-corrected chi connectivity index (χ4v) is 3.46. The van der Waals surface area contributed by atoms with E-state index in [1.54, 1.807) is 18.0 Å². The number of rotatable bonds is 7. The quantitative estimate of drug-likeness (QED) is 0.674. The van der Waals surface area contributed by atoms with Gasteiger partial charge in [0.1, 0.15) is 16.8 Å². The van der Waals surface area contributed by atoms with Gasteiger partial charge in [0, 0.05) is 17.4 Å². The van der Waals surface area contributed by atoms with E-state index in [0.29, 0.717) is 17.6 Å². The summed E-state index contributed by atoms with van der Waals surface area (Å²) in [4.78, 5) is 20.3. The van der Waals surface area contributed by atoms with Crippen molar-refractivity contribution in [2.75, 3.05) is 18.6 Å². The van der Waals surface area contributed by atoms with Crippen LogP contribution in [0, 0.1) is 0 Å². The normalized spacial score (nSPS) is 11.4. The Morgan fingerprint density at radius 2 is 2.22 bits per heavy atom. The number of ether oxygens (including phenoxy) is 1. The lowest BCUT2D eigenvalue weighted by molar-refractivity contribution is 0.415. The van der Waals surface area contributed by atoms with Crippen molar-refractivity contribution in [3.8, 4) is 5.75 Å². The summed E-state index contributed by atoms with van der Waals surface area (Å²) in [5.41, 5.74) is 2.17. The molecule has 0 fully saturated rings. The van der Waals surface area contributed by atoms with Crippen molar-refractivity contribution in [2.45, 2.75) is 26.3 Å². The number of nitrogens with zero attached hydrogens (tertiary/aromatic N) is 2. The average Bonchev–Trinajstić information content (AvgIpc) is 2.95. The Morgan fingerprint density at radius 3 is 3.00 bits per heavy atom. The number of aryl methyl sites for hydroxylation is 1. The fourth-order valence-electron chi connectivity index (χ4n) is 2.64. The van der Waals surface area contributed by atoms with Crippen molar-refractivity contribution in [2.24, 2.45) is 0 Å². The Hall–Kier alpha value is -1.95. The van der Waals surface area contributed by atoms with Crippen LogP contribution in [0.25, 0.3) is 21.9 Å². The summed E-state index contributed by atoms with van der Waals surface area (Å²) in [7, 11) is 1.63. The van der Waals surface area contributed by atoms with Crippen molar-refractivity contribution in [1.82, 2.24) is 14.5 Å². The molecule has 0 saturated carbocycles. The summed E-state index contributed by atoms with van der Waals surface area (Å²) < 4.78 is 6.95. The van der Waals surface area contributed by atoms with Crippen molar-refractivity contribution in [3.05, 3.63) is 34.9 Å². The number of nitrogens with one attached hydrogen (secondary N) is 1. The zero-order valence-corrected chi connectivity index (χ0v) is 14.3. The molecule has 0 aliphatic heterocycles. The summed E-state index contributed by atoms with van der Waals surface area (Å²) in [6.45, 7) is 2.89. The Kier molecular flexibility index (Phi) is 4.91. The number of hydrogen-bond acceptors (Lipinski definition) is 4. The first kappa shape index (κ1) is 15.9. The molecule has 0 atom stereocenters. The molecule has 0 unspecified atom stereocenters. The Bertz CT molecular complexity index is 869. The van der Waals surface area contributed by atoms with Crippen LogP contribution in [-0.2, 0) is 6.54 Å². The van der Waals surface area contributed by atoms with E-state index in [4.69, 9.17) is 4.74 Å². The lowest BCUT2D eigenvalue weighted by Gasteiger charge is -2.04. The predicted octanol–water partition coefficient (Wildman–Crippen LogP) is 3.42. The Labute approximate surface area is 139 Å². The van der Waals surface area contributed by atoms with Gasteiger partial charge in [0.2, 0.25) is 0 Å². The molecule has 1 N–H and O–H groups in total. The second kappa shape index (κ2) is 7.08. The van der Waals surface area contributed by atoms with E-state index in [-0.39, 0.29) is 5.56 Å². The van der Waals surface area contributed by atoms with Crippen LogP contribution in [0.3, 0.4) is 0 Å². The molecule has 0 aliphatic rings. The van der Waals surface area contributed by atoms with E-state index in [0.717, 1.165) is 28.8 Å². The fraction of sp³-hybridized carbons (Fsp3) is 0.412. The van der Waals surface area contributed by atoms with Gasteiger partial charge in [-0.25, -0.2) is 4.98 Å². The Balaban J connectivity index is 1.90. The maximum atomic E-state index is 12.6. The minimum absolute atomic E-state index is 0.00865. The van der Waals surface area contributed by atoms with Gasteiger partial charge in [-0.1, -0.05) is 6.92 Å². The molecule has 0 bridgehead atoms. The SMILES string of the molecule is CCCSCCCn1cnc2c([nH]c3ccc(OC)cc32)c1=O.